The van der Waals surface area contributed by atoms with Gasteiger partial charge in [0.1, 0.15) is 0 Å². The summed E-state index contributed by atoms with van der Waals surface area (Å²) in [6.45, 7) is 4.35. The Labute approximate surface area is 158 Å². The van der Waals surface area contributed by atoms with Crippen molar-refractivity contribution >= 4 is 22.6 Å². The van der Waals surface area contributed by atoms with Gasteiger partial charge in [0.15, 0.2) is 0 Å². The van der Waals surface area contributed by atoms with E-state index < -0.39 is 6.43 Å². The molecule has 0 atom stereocenters. The van der Waals surface area contributed by atoms with Gasteiger partial charge >= 0.3 is 0 Å². The van der Waals surface area contributed by atoms with E-state index in [0.717, 1.165) is 24.8 Å². The molecule has 2 aromatic carbocycles. The summed E-state index contributed by atoms with van der Waals surface area (Å²) < 4.78 is 25.6. The van der Waals surface area contributed by atoms with Crippen molar-refractivity contribution in [1.29, 1.82) is 0 Å². The first-order chi connectivity index (χ1) is 11.6. The minimum absolute atomic E-state index is 0.111. The Bertz CT molecular complexity index is 547. The number of hydrogen-bond donors (Lipinski definition) is 0. The van der Waals surface area contributed by atoms with Crippen molar-refractivity contribution in [1.82, 2.24) is 0 Å². The summed E-state index contributed by atoms with van der Waals surface area (Å²) in [5.74, 6) is 0. The second-order valence-electron chi connectivity index (χ2n) is 5.88. The maximum absolute atomic E-state index is 12.2. The summed E-state index contributed by atoms with van der Waals surface area (Å²) in [7, 11) is 0. The molecule has 3 heteroatoms. The zero-order valence-corrected chi connectivity index (χ0v) is 16.7. The lowest BCUT2D eigenvalue weighted by atomic mass is 10.1. The molecule has 2 aromatic rings. The maximum atomic E-state index is 12.2. The van der Waals surface area contributed by atoms with E-state index in [9.17, 15) is 8.78 Å². The van der Waals surface area contributed by atoms with Gasteiger partial charge in [-0.15, -0.1) is 0 Å². The zero-order chi connectivity index (χ0) is 17.8. The van der Waals surface area contributed by atoms with Crippen LogP contribution in [0.4, 0.5) is 8.78 Å². The predicted molar refractivity (Wildman–Crippen MR) is 108 cm³/mol. The highest BCUT2D eigenvalue weighted by molar-refractivity contribution is 14.1. The monoisotopic (exact) mass is 444 g/mol. The lowest BCUT2D eigenvalue weighted by Gasteiger charge is -2.02. The molecular weight excluding hydrogens is 417 g/mol. The van der Waals surface area contributed by atoms with E-state index in [1.165, 1.54) is 40.5 Å². The van der Waals surface area contributed by atoms with Gasteiger partial charge in [-0.05, 0) is 71.5 Å². The van der Waals surface area contributed by atoms with Gasteiger partial charge < -0.3 is 0 Å². The second-order valence-corrected chi connectivity index (χ2v) is 7.12. The fourth-order valence-electron chi connectivity index (χ4n) is 2.24. The van der Waals surface area contributed by atoms with E-state index in [1.54, 1.807) is 12.1 Å². The summed E-state index contributed by atoms with van der Waals surface area (Å²) in [5, 5.41) is 0. The Kier molecular flexibility index (Phi) is 10.9. The van der Waals surface area contributed by atoms with Gasteiger partial charge in [-0.3, -0.25) is 0 Å². The number of halogens is 3. The molecule has 0 spiro atoms. The van der Waals surface area contributed by atoms with Crippen LogP contribution in [0.15, 0.2) is 48.5 Å². The summed E-state index contributed by atoms with van der Waals surface area (Å²) in [6.07, 6.45) is 4.71. The highest BCUT2D eigenvalue weighted by atomic mass is 127. The minimum Gasteiger partial charge on any atom is -0.205 e. The van der Waals surface area contributed by atoms with Crippen LogP contribution in [0.3, 0.4) is 0 Å². The Morgan fingerprint density at radius 3 is 1.54 bits per heavy atom. The number of unbranched alkanes of at least 4 members (excludes halogenated alkanes) is 2. The quantitative estimate of drug-likeness (QED) is 0.386. The van der Waals surface area contributed by atoms with Crippen LogP contribution in [0.5, 0.6) is 0 Å². The lowest BCUT2D eigenvalue weighted by Crippen LogP contribution is -1.87. The first-order valence-electron chi connectivity index (χ1n) is 8.68. The molecule has 0 saturated carbocycles. The van der Waals surface area contributed by atoms with Crippen molar-refractivity contribution in [2.24, 2.45) is 0 Å². The largest absolute Gasteiger partial charge is 0.263 e. The van der Waals surface area contributed by atoms with E-state index in [0.29, 0.717) is 0 Å². The molecule has 0 nitrogen and oxygen atoms in total. The van der Waals surface area contributed by atoms with E-state index in [2.05, 4.69) is 60.7 Å². The molecule has 0 saturated heterocycles. The molecule has 2 rings (SSSR count). The average molecular weight is 444 g/mol. The third kappa shape index (κ3) is 8.76. The fourth-order valence-corrected chi connectivity index (χ4v) is 2.60. The number of aryl methyl sites for hydroxylation is 2. The summed E-state index contributed by atoms with van der Waals surface area (Å²) >= 11 is 2.33. The number of rotatable bonds is 7. The van der Waals surface area contributed by atoms with E-state index in [-0.39, 0.29) is 5.56 Å². The number of alkyl halides is 2. The van der Waals surface area contributed by atoms with Crippen molar-refractivity contribution in [2.75, 3.05) is 0 Å². The maximum Gasteiger partial charge on any atom is 0.263 e. The topological polar surface area (TPSA) is 0 Å². The lowest BCUT2D eigenvalue weighted by molar-refractivity contribution is 0.151. The van der Waals surface area contributed by atoms with Gasteiger partial charge in [0.05, 0.1) is 0 Å². The van der Waals surface area contributed by atoms with Crippen LogP contribution >= 0.6 is 22.6 Å². The molecule has 0 unspecified atom stereocenters. The molecule has 0 amide bonds. The average Bonchev–Trinajstić information content (AvgIpc) is 2.60. The van der Waals surface area contributed by atoms with Gasteiger partial charge in [-0.1, -0.05) is 63.1 Å². The van der Waals surface area contributed by atoms with Crippen LogP contribution in [0.1, 0.15) is 62.6 Å². The number of benzene rings is 2. The van der Waals surface area contributed by atoms with Crippen molar-refractivity contribution in [3.8, 4) is 0 Å². The third-order valence-electron chi connectivity index (χ3n) is 3.78. The summed E-state index contributed by atoms with van der Waals surface area (Å²) in [6, 6.07) is 15.4. The van der Waals surface area contributed by atoms with Gasteiger partial charge in [-0.25, -0.2) is 8.78 Å². The number of hydrogen-bond acceptors (Lipinski definition) is 0. The molecule has 0 aliphatic rings. The fraction of sp³-hybridized carbons (Fsp3) is 0.429. The van der Waals surface area contributed by atoms with Gasteiger partial charge in [0, 0.05) is 9.13 Å². The highest BCUT2D eigenvalue weighted by Gasteiger charge is 2.05. The molecule has 0 radical (unpaired) electrons. The van der Waals surface area contributed by atoms with Crippen molar-refractivity contribution in [3.05, 3.63) is 68.8 Å². The van der Waals surface area contributed by atoms with Gasteiger partial charge in [0.25, 0.3) is 6.43 Å². The van der Waals surface area contributed by atoms with Gasteiger partial charge in [0.2, 0.25) is 0 Å². The minimum atomic E-state index is -2.35. The highest BCUT2D eigenvalue weighted by Crippen LogP contribution is 2.19. The van der Waals surface area contributed by atoms with Crippen molar-refractivity contribution < 1.29 is 8.78 Å². The predicted octanol–water partition coefficient (Wildman–Crippen LogP) is 7.60. The molecule has 0 N–H and O–H groups in total. The van der Waals surface area contributed by atoms with E-state index in [4.69, 9.17) is 0 Å². The van der Waals surface area contributed by atoms with Crippen molar-refractivity contribution in [2.45, 2.75) is 58.8 Å². The smallest absolute Gasteiger partial charge is 0.205 e. The molecule has 0 fully saturated rings. The molecular formula is C21H27F2I. The third-order valence-corrected chi connectivity index (χ3v) is 4.50. The zero-order valence-electron chi connectivity index (χ0n) is 14.6. The van der Waals surface area contributed by atoms with E-state index >= 15 is 0 Å². The Hall–Kier alpha value is -0.970. The van der Waals surface area contributed by atoms with Crippen LogP contribution in [0, 0.1) is 3.57 Å². The SMILES string of the molecule is CCCCc1ccc(C(F)F)cc1.CCCCc1ccc(I)cc1. The van der Waals surface area contributed by atoms with Crippen LogP contribution in [0.2, 0.25) is 0 Å². The standard InChI is InChI=1S/C11H14F2.C10H13I/c1-2-3-4-9-5-7-10(8-6-9)11(12)13;1-2-3-4-9-5-7-10(11)8-6-9/h5-8,11H,2-4H2,1H3;5-8H,2-4H2,1H3. The molecule has 0 aliphatic carbocycles. The van der Waals surface area contributed by atoms with Crippen LogP contribution < -0.4 is 0 Å². The molecule has 0 aliphatic heterocycles. The molecule has 0 bridgehead atoms. The molecule has 0 aromatic heterocycles. The molecule has 132 valence electrons. The Balaban J connectivity index is 0.000000243. The normalized spacial score (nSPS) is 10.4. The Morgan fingerprint density at radius 1 is 0.750 bits per heavy atom. The summed E-state index contributed by atoms with van der Waals surface area (Å²) in [5.41, 5.74) is 2.72. The summed E-state index contributed by atoms with van der Waals surface area (Å²) in [4.78, 5) is 0. The van der Waals surface area contributed by atoms with E-state index in [1.807, 2.05) is 0 Å². The first kappa shape index (κ1) is 21.1. The Morgan fingerprint density at radius 2 is 1.17 bits per heavy atom. The van der Waals surface area contributed by atoms with Gasteiger partial charge in [-0.2, -0.15) is 0 Å². The van der Waals surface area contributed by atoms with Crippen LogP contribution in [0.25, 0.3) is 0 Å². The first-order valence-corrected chi connectivity index (χ1v) is 9.76. The van der Waals surface area contributed by atoms with Crippen molar-refractivity contribution in [3.63, 3.8) is 0 Å². The molecule has 0 heterocycles. The van der Waals surface area contributed by atoms with Crippen LogP contribution in [-0.2, 0) is 12.8 Å². The van der Waals surface area contributed by atoms with Crippen LogP contribution in [-0.4, -0.2) is 0 Å². The second kappa shape index (κ2) is 12.4. The molecule has 24 heavy (non-hydrogen) atoms.